The van der Waals surface area contributed by atoms with E-state index in [2.05, 4.69) is 9.62 Å². The molecule has 1 unspecified atom stereocenters. The first-order chi connectivity index (χ1) is 13.0. The molecule has 0 bridgehead atoms. The molecule has 7 heteroatoms. The van der Waals surface area contributed by atoms with Crippen LogP contribution in [0.5, 0.6) is 11.5 Å². The summed E-state index contributed by atoms with van der Waals surface area (Å²) in [5.41, 5.74) is 1.07. The second-order valence-electron chi connectivity index (χ2n) is 6.53. The van der Waals surface area contributed by atoms with E-state index < -0.39 is 10.0 Å². The minimum atomic E-state index is -3.67. The Morgan fingerprint density at radius 1 is 1.00 bits per heavy atom. The van der Waals surface area contributed by atoms with E-state index in [1.807, 2.05) is 24.3 Å². The van der Waals surface area contributed by atoms with Gasteiger partial charge in [0.05, 0.1) is 14.2 Å². The minimum Gasteiger partial charge on any atom is -0.497 e. The fourth-order valence-electron chi connectivity index (χ4n) is 3.44. The molecule has 2 aromatic carbocycles. The molecule has 0 aliphatic carbocycles. The van der Waals surface area contributed by atoms with Gasteiger partial charge in [-0.05, 0) is 55.8 Å². The molecular weight excluding hydrogens is 364 g/mol. The average molecular weight is 391 g/mol. The Bertz CT molecular complexity index is 847. The molecule has 1 fully saturated rings. The number of likely N-dealkylation sites (tertiary alicyclic amines) is 1. The number of ether oxygens (including phenoxy) is 2. The Morgan fingerprint density at radius 3 is 2.30 bits per heavy atom. The third-order valence-electron chi connectivity index (χ3n) is 4.91. The molecule has 146 valence electrons. The van der Waals surface area contributed by atoms with E-state index in [0.29, 0.717) is 12.3 Å². The van der Waals surface area contributed by atoms with Crippen molar-refractivity contribution in [2.24, 2.45) is 0 Å². The van der Waals surface area contributed by atoms with E-state index in [-0.39, 0.29) is 10.9 Å². The van der Waals surface area contributed by atoms with Crippen molar-refractivity contribution in [3.8, 4) is 11.5 Å². The van der Waals surface area contributed by atoms with Crippen molar-refractivity contribution in [2.45, 2.75) is 23.8 Å². The molecule has 1 atom stereocenters. The monoisotopic (exact) mass is 390 g/mol. The molecule has 6 nitrogen and oxygen atoms in total. The summed E-state index contributed by atoms with van der Waals surface area (Å²) in [6.07, 6.45) is 2.26. The van der Waals surface area contributed by atoms with E-state index >= 15 is 0 Å². The summed E-state index contributed by atoms with van der Waals surface area (Å²) in [5, 5.41) is 0. The van der Waals surface area contributed by atoms with Gasteiger partial charge in [0.2, 0.25) is 10.0 Å². The number of methoxy groups -OCH3 is 2. The molecule has 1 aliphatic heterocycles. The van der Waals surface area contributed by atoms with Gasteiger partial charge in [-0.15, -0.1) is 0 Å². The van der Waals surface area contributed by atoms with Gasteiger partial charge >= 0.3 is 0 Å². The zero-order valence-corrected chi connectivity index (χ0v) is 16.5. The number of hydrogen-bond acceptors (Lipinski definition) is 5. The fraction of sp³-hybridized carbons (Fsp3) is 0.400. The molecule has 2 aromatic rings. The highest BCUT2D eigenvalue weighted by Crippen LogP contribution is 2.28. The summed E-state index contributed by atoms with van der Waals surface area (Å²) >= 11 is 0. The standard InChI is InChI=1S/C20H26N2O4S/c1-25-17-11-9-16(10-12-17)18(22-13-5-6-14-22)15-21-27(23,24)20-8-4-3-7-19(20)26-2/h3-4,7-12,18,21H,5-6,13-15H2,1-2H3. The third-order valence-corrected chi connectivity index (χ3v) is 6.37. The van der Waals surface area contributed by atoms with Gasteiger partial charge in [0.15, 0.2) is 0 Å². The van der Waals surface area contributed by atoms with Gasteiger partial charge in [0.25, 0.3) is 0 Å². The first kappa shape index (κ1) is 19.7. The smallest absolute Gasteiger partial charge is 0.244 e. The van der Waals surface area contributed by atoms with Crippen molar-refractivity contribution in [3.63, 3.8) is 0 Å². The third kappa shape index (κ3) is 4.61. The lowest BCUT2D eigenvalue weighted by Gasteiger charge is -2.28. The predicted octanol–water partition coefficient (Wildman–Crippen LogP) is 2.82. The second kappa shape index (κ2) is 8.73. The lowest BCUT2D eigenvalue weighted by molar-refractivity contribution is 0.246. The van der Waals surface area contributed by atoms with Gasteiger partial charge in [0, 0.05) is 12.6 Å². The van der Waals surface area contributed by atoms with Gasteiger partial charge in [-0.2, -0.15) is 0 Å². The van der Waals surface area contributed by atoms with E-state index in [1.54, 1.807) is 31.4 Å². The summed E-state index contributed by atoms with van der Waals surface area (Å²) in [4.78, 5) is 2.48. The number of sulfonamides is 1. The normalized spacial score (nSPS) is 16.2. The quantitative estimate of drug-likeness (QED) is 0.751. The van der Waals surface area contributed by atoms with Crippen molar-refractivity contribution in [3.05, 3.63) is 54.1 Å². The lowest BCUT2D eigenvalue weighted by Crippen LogP contribution is -2.36. The van der Waals surface area contributed by atoms with Crippen LogP contribution in [0.1, 0.15) is 24.4 Å². The molecule has 0 amide bonds. The Morgan fingerprint density at radius 2 is 1.67 bits per heavy atom. The van der Waals surface area contributed by atoms with E-state index in [4.69, 9.17) is 9.47 Å². The number of nitrogens with one attached hydrogen (secondary N) is 1. The van der Waals surface area contributed by atoms with Crippen molar-refractivity contribution < 1.29 is 17.9 Å². The largest absolute Gasteiger partial charge is 0.497 e. The van der Waals surface area contributed by atoms with Crippen LogP contribution < -0.4 is 14.2 Å². The SMILES string of the molecule is COc1ccc(C(CNS(=O)(=O)c2ccccc2OC)N2CCCC2)cc1. The van der Waals surface area contributed by atoms with Crippen LogP contribution >= 0.6 is 0 Å². The van der Waals surface area contributed by atoms with Crippen molar-refractivity contribution in [2.75, 3.05) is 33.9 Å². The highest BCUT2D eigenvalue weighted by molar-refractivity contribution is 7.89. The van der Waals surface area contributed by atoms with E-state index in [1.165, 1.54) is 7.11 Å². The molecule has 0 spiro atoms. The van der Waals surface area contributed by atoms with E-state index in [0.717, 1.165) is 37.2 Å². The van der Waals surface area contributed by atoms with Gasteiger partial charge in [0.1, 0.15) is 16.4 Å². The van der Waals surface area contributed by atoms with Crippen LogP contribution in [0.25, 0.3) is 0 Å². The Labute approximate surface area is 161 Å². The molecule has 1 heterocycles. The summed E-state index contributed by atoms with van der Waals surface area (Å²) in [7, 11) is -0.571. The van der Waals surface area contributed by atoms with Gasteiger partial charge in [-0.3, -0.25) is 4.90 Å². The van der Waals surface area contributed by atoms with E-state index in [9.17, 15) is 8.42 Å². The van der Waals surface area contributed by atoms with Crippen LogP contribution in [0.4, 0.5) is 0 Å². The maximum atomic E-state index is 12.8. The van der Waals surface area contributed by atoms with Gasteiger partial charge in [-0.25, -0.2) is 13.1 Å². The lowest BCUT2D eigenvalue weighted by atomic mass is 10.1. The summed E-state index contributed by atoms with van der Waals surface area (Å²) in [6.45, 7) is 2.23. The van der Waals surface area contributed by atoms with Crippen molar-refractivity contribution in [1.29, 1.82) is 0 Å². The van der Waals surface area contributed by atoms with Crippen LogP contribution in [0.3, 0.4) is 0 Å². The predicted molar refractivity (Wildman–Crippen MR) is 105 cm³/mol. The maximum absolute atomic E-state index is 12.8. The molecule has 1 aliphatic rings. The first-order valence-corrected chi connectivity index (χ1v) is 10.5. The van der Waals surface area contributed by atoms with Crippen LogP contribution in [-0.2, 0) is 10.0 Å². The Hall–Kier alpha value is -2.09. The number of benzene rings is 2. The van der Waals surface area contributed by atoms with Gasteiger partial charge in [-0.1, -0.05) is 24.3 Å². The second-order valence-corrected chi connectivity index (χ2v) is 8.27. The maximum Gasteiger partial charge on any atom is 0.244 e. The number of hydrogen-bond donors (Lipinski definition) is 1. The fourth-order valence-corrected chi connectivity index (χ4v) is 4.65. The highest BCUT2D eigenvalue weighted by Gasteiger charge is 2.26. The molecule has 0 aromatic heterocycles. The summed E-state index contributed by atoms with van der Waals surface area (Å²) < 4.78 is 38.9. The number of rotatable bonds is 8. The van der Waals surface area contributed by atoms with Crippen LogP contribution in [0, 0.1) is 0 Å². The zero-order valence-electron chi connectivity index (χ0n) is 15.7. The molecular formula is C20H26N2O4S. The molecule has 0 radical (unpaired) electrons. The minimum absolute atomic E-state index is 0.0251. The summed E-state index contributed by atoms with van der Waals surface area (Å²) in [5.74, 6) is 1.13. The van der Waals surface area contributed by atoms with Crippen molar-refractivity contribution in [1.82, 2.24) is 9.62 Å². The molecule has 1 saturated heterocycles. The van der Waals surface area contributed by atoms with Crippen molar-refractivity contribution >= 4 is 10.0 Å². The molecule has 0 saturated carbocycles. The summed E-state index contributed by atoms with van der Waals surface area (Å²) in [6, 6.07) is 14.4. The molecule has 27 heavy (non-hydrogen) atoms. The Balaban J connectivity index is 1.81. The first-order valence-electron chi connectivity index (χ1n) is 9.06. The average Bonchev–Trinajstić information content (AvgIpc) is 3.23. The van der Waals surface area contributed by atoms with Crippen LogP contribution in [-0.4, -0.2) is 47.2 Å². The Kier molecular flexibility index (Phi) is 6.36. The molecule has 3 rings (SSSR count). The van der Waals surface area contributed by atoms with Crippen LogP contribution in [0.15, 0.2) is 53.4 Å². The highest BCUT2D eigenvalue weighted by atomic mass is 32.2. The molecule has 1 N–H and O–H groups in total. The van der Waals surface area contributed by atoms with Crippen LogP contribution in [0.2, 0.25) is 0 Å². The van der Waals surface area contributed by atoms with Gasteiger partial charge < -0.3 is 9.47 Å². The zero-order chi connectivity index (χ0) is 19.3. The number of para-hydroxylation sites is 1. The number of nitrogens with zero attached hydrogens (tertiary/aromatic N) is 1. The topological polar surface area (TPSA) is 67.9 Å².